The maximum absolute atomic E-state index is 12.7. The number of ether oxygens (including phenoxy) is 4. The summed E-state index contributed by atoms with van der Waals surface area (Å²) in [7, 11) is 5.93. The van der Waals surface area contributed by atoms with Gasteiger partial charge in [-0.3, -0.25) is 9.59 Å². The van der Waals surface area contributed by atoms with Crippen LogP contribution >= 0.6 is 0 Å². The molecule has 56 heavy (non-hydrogen) atoms. The van der Waals surface area contributed by atoms with Crippen LogP contribution in [0.4, 0.5) is 0 Å². The normalized spacial score (nSPS) is 13.5. The minimum Gasteiger partial charge on any atom is -0.477 e. The van der Waals surface area contributed by atoms with Gasteiger partial charge in [-0.1, -0.05) is 132 Å². The average molecular weight is 789 g/mol. The van der Waals surface area contributed by atoms with Crippen LogP contribution in [0.25, 0.3) is 0 Å². The van der Waals surface area contributed by atoms with E-state index in [-0.39, 0.29) is 38.6 Å². The van der Waals surface area contributed by atoms with Crippen molar-refractivity contribution in [2.24, 2.45) is 0 Å². The third kappa shape index (κ3) is 39.2. The number of aliphatic carboxylic acids is 1. The first-order valence-electron chi connectivity index (χ1n) is 22.0. The van der Waals surface area contributed by atoms with Crippen LogP contribution in [-0.4, -0.2) is 87.4 Å². The molecule has 0 saturated carbocycles. The van der Waals surface area contributed by atoms with E-state index in [4.69, 9.17) is 18.9 Å². The van der Waals surface area contributed by atoms with Crippen molar-refractivity contribution in [1.82, 2.24) is 0 Å². The van der Waals surface area contributed by atoms with Crippen LogP contribution in [0.1, 0.15) is 162 Å². The van der Waals surface area contributed by atoms with Gasteiger partial charge in [0.25, 0.3) is 6.29 Å². The molecule has 0 aliphatic heterocycles. The number of nitrogens with zero attached hydrogens (tertiary/aromatic N) is 1. The molecule has 0 rings (SSSR count). The molecule has 0 aliphatic carbocycles. The number of carbonyl (C=O) groups excluding carboxylic acids is 2. The molecule has 0 fully saturated rings. The summed E-state index contributed by atoms with van der Waals surface area (Å²) in [6.07, 6.45) is 42.7. The number of hydrogen-bond donors (Lipinski definition) is 1. The molecule has 9 nitrogen and oxygen atoms in total. The van der Waals surface area contributed by atoms with Gasteiger partial charge in [0.1, 0.15) is 13.2 Å². The van der Waals surface area contributed by atoms with Gasteiger partial charge >= 0.3 is 17.9 Å². The van der Waals surface area contributed by atoms with Crippen molar-refractivity contribution in [3.8, 4) is 0 Å². The van der Waals surface area contributed by atoms with Crippen molar-refractivity contribution in [2.45, 2.75) is 174 Å². The highest BCUT2D eigenvalue weighted by atomic mass is 16.7. The maximum atomic E-state index is 12.7. The molecule has 9 heteroatoms. The molecule has 0 spiro atoms. The van der Waals surface area contributed by atoms with Gasteiger partial charge in [0, 0.05) is 12.8 Å². The monoisotopic (exact) mass is 789 g/mol. The van der Waals surface area contributed by atoms with Crippen molar-refractivity contribution in [3.05, 3.63) is 60.8 Å². The third-order valence-corrected chi connectivity index (χ3v) is 9.01. The maximum Gasteiger partial charge on any atom is 0.361 e. The van der Waals surface area contributed by atoms with Crippen molar-refractivity contribution in [1.29, 1.82) is 0 Å². The molecule has 0 amide bonds. The molecular formula is C47H82NO8+. The van der Waals surface area contributed by atoms with Gasteiger partial charge in [-0.15, -0.1) is 0 Å². The van der Waals surface area contributed by atoms with E-state index in [2.05, 4.69) is 74.6 Å². The molecule has 0 bridgehead atoms. The van der Waals surface area contributed by atoms with E-state index in [0.717, 1.165) is 89.9 Å². The lowest BCUT2D eigenvalue weighted by atomic mass is 10.1. The Kier molecular flexibility index (Phi) is 36.8. The Morgan fingerprint density at radius 3 is 1.54 bits per heavy atom. The lowest BCUT2D eigenvalue weighted by molar-refractivity contribution is -0.870. The van der Waals surface area contributed by atoms with Gasteiger partial charge in [0.05, 0.1) is 34.4 Å². The lowest BCUT2D eigenvalue weighted by Crippen LogP contribution is -2.40. The number of likely N-dealkylation sites (N-methyl/N-ethyl adjacent to an activating group) is 1. The van der Waals surface area contributed by atoms with Gasteiger partial charge < -0.3 is 28.5 Å². The second-order valence-electron chi connectivity index (χ2n) is 15.6. The third-order valence-electron chi connectivity index (χ3n) is 9.01. The first kappa shape index (κ1) is 53.0. The molecule has 1 N–H and O–H groups in total. The molecule has 0 saturated heterocycles. The minimum atomic E-state index is -1.52. The van der Waals surface area contributed by atoms with Gasteiger partial charge in [0.15, 0.2) is 6.10 Å². The fraction of sp³-hybridized carbons (Fsp3) is 0.723. The van der Waals surface area contributed by atoms with E-state index >= 15 is 0 Å². The topological polar surface area (TPSA) is 108 Å². The van der Waals surface area contributed by atoms with E-state index in [1.54, 1.807) is 0 Å². The van der Waals surface area contributed by atoms with Crippen molar-refractivity contribution in [3.63, 3.8) is 0 Å². The number of quaternary nitrogens is 1. The van der Waals surface area contributed by atoms with E-state index in [1.165, 1.54) is 38.5 Å². The van der Waals surface area contributed by atoms with Crippen LogP contribution in [0.5, 0.6) is 0 Å². The van der Waals surface area contributed by atoms with Crippen LogP contribution in [-0.2, 0) is 33.3 Å². The van der Waals surface area contributed by atoms with E-state index in [9.17, 15) is 19.5 Å². The van der Waals surface area contributed by atoms with Gasteiger partial charge in [0.2, 0.25) is 0 Å². The Labute approximate surface area is 342 Å². The number of carboxylic acids is 1. The summed E-state index contributed by atoms with van der Waals surface area (Å²) in [6.45, 7) is 4.69. The molecule has 2 unspecified atom stereocenters. The number of unbranched alkanes of at least 4 members (excludes halogenated alkanes) is 14. The summed E-state index contributed by atoms with van der Waals surface area (Å²) >= 11 is 0. The lowest BCUT2D eigenvalue weighted by Gasteiger charge is -2.25. The van der Waals surface area contributed by atoms with Gasteiger partial charge in [-0.25, -0.2) is 4.79 Å². The Bertz CT molecular complexity index is 1100. The van der Waals surface area contributed by atoms with E-state index in [0.29, 0.717) is 17.4 Å². The Morgan fingerprint density at radius 2 is 1.02 bits per heavy atom. The van der Waals surface area contributed by atoms with E-state index in [1.807, 2.05) is 21.1 Å². The van der Waals surface area contributed by atoms with Crippen LogP contribution in [0, 0.1) is 0 Å². The molecule has 0 aromatic rings. The van der Waals surface area contributed by atoms with Crippen molar-refractivity contribution in [2.75, 3.05) is 47.5 Å². The molecular weight excluding hydrogens is 707 g/mol. The molecule has 2 atom stereocenters. The predicted molar refractivity (Wildman–Crippen MR) is 230 cm³/mol. The zero-order valence-electron chi connectivity index (χ0n) is 36.3. The molecule has 0 heterocycles. The van der Waals surface area contributed by atoms with Crippen LogP contribution in [0.2, 0.25) is 0 Å². The first-order chi connectivity index (χ1) is 27.1. The number of esters is 2. The smallest absolute Gasteiger partial charge is 0.361 e. The quantitative estimate of drug-likeness (QED) is 0.0216. The number of rotatable bonds is 39. The molecule has 322 valence electrons. The number of carbonyl (C=O) groups is 3. The summed E-state index contributed by atoms with van der Waals surface area (Å²) < 4.78 is 22.7. The number of carboxylic acid groups (broad SMARTS) is 1. The zero-order chi connectivity index (χ0) is 41.4. The van der Waals surface area contributed by atoms with Gasteiger partial charge in [-0.05, 0) is 77.0 Å². The van der Waals surface area contributed by atoms with Crippen molar-refractivity contribution >= 4 is 17.9 Å². The number of allylic oxidation sites excluding steroid dienone is 10. The van der Waals surface area contributed by atoms with Gasteiger partial charge in [-0.2, -0.15) is 0 Å². The highest BCUT2D eigenvalue weighted by Gasteiger charge is 2.25. The standard InChI is InChI=1S/C47H81NO8/c1-6-8-10-12-14-16-18-20-22-23-24-26-28-30-32-34-36-38-45(50)56-43(42-55-47(46(51)52)53-40-39-48(3,4)5)41-54-44(49)37-35-33-31-29-27-25-21-19-17-15-13-11-9-7-2/h8,10,14,16,19-22,24,26,43,47H,6-7,9,11-13,15,17-18,23,25,27-42H2,1-5H3/p+1/b10-8-,16-14-,21-19-,22-20-,26-24-. The van der Waals surface area contributed by atoms with Crippen molar-refractivity contribution < 1.29 is 42.9 Å². The second-order valence-corrected chi connectivity index (χ2v) is 15.6. The molecule has 0 aromatic heterocycles. The average Bonchev–Trinajstić information content (AvgIpc) is 3.15. The first-order valence-corrected chi connectivity index (χ1v) is 22.0. The number of hydrogen-bond acceptors (Lipinski definition) is 7. The van der Waals surface area contributed by atoms with Crippen LogP contribution < -0.4 is 0 Å². The summed E-state index contributed by atoms with van der Waals surface area (Å²) in [4.78, 5) is 37.1. The molecule has 0 radical (unpaired) electrons. The van der Waals surface area contributed by atoms with Crippen LogP contribution in [0.3, 0.4) is 0 Å². The molecule has 0 aliphatic rings. The summed E-state index contributed by atoms with van der Waals surface area (Å²) in [5.41, 5.74) is 0. The summed E-state index contributed by atoms with van der Waals surface area (Å²) in [5.74, 6) is -2.06. The predicted octanol–water partition coefficient (Wildman–Crippen LogP) is 11.4. The van der Waals surface area contributed by atoms with Crippen LogP contribution in [0.15, 0.2) is 60.8 Å². The Hall–Kier alpha value is -3.01. The SMILES string of the molecule is CC/C=C\C/C=C\C/C=C\C/C=C\CCCCCCC(=O)OC(COC(=O)CCCCCCC/C=C\CCCCCCC)COC(OCC[N+](C)(C)C)C(=O)O. The highest BCUT2D eigenvalue weighted by molar-refractivity contribution is 5.71. The minimum absolute atomic E-state index is 0.179. The largest absolute Gasteiger partial charge is 0.477 e. The zero-order valence-corrected chi connectivity index (χ0v) is 36.3. The second kappa shape index (κ2) is 38.8. The highest BCUT2D eigenvalue weighted by Crippen LogP contribution is 2.12. The summed E-state index contributed by atoms with van der Waals surface area (Å²) in [6, 6.07) is 0. The van der Waals surface area contributed by atoms with E-state index < -0.39 is 24.3 Å². The summed E-state index contributed by atoms with van der Waals surface area (Å²) in [5, 5.41) is 9.62. The Morgan fingerprint density at radius 1 is 0.554 bits per heavy atom. The fourth-order valence-corrected chi connectivity index (χ4v) is 5.58. The fourth-order valence-electron chi connectivity index (χ4n) is 5.58. The Balaban J connectivity index is 4.53. The molecule has 0 aromatic carbocycles.